The number of ether oxygens (including phenoxy) is 1. The first-order valence-corrected chi connectivity index (χ1v) is 9.63. The minimum absolute atomic E-state index is 0.242. The number of anilines is 1. The Bertz CT molecular complexity index is 757. The molecule has 0 bridgehead atoms. The first-order valence-electron chi connectivity index (χ1n) is 8.47. The standard InChI is InChI=1S/C18H21Cl2N3OS/c1-12-9-17(23(22-12)14-5-3-2-4-6-14)21-18(25)11-24-16-8-7-13(19)10-15(16)20/h7-10,14H,2-6,11H2,1H3,(H,21,25). The van der Waals surface area contributed by atoms with Crippen LogP contribution in [0.4, 0.5) is 5.82 Å². The van der Waals surface area contributed by atoms with E-state index in [0.29, 0.717) is 26.8 Å². The molecule has 1 aliphatic carbocycles. The SMILES string of the molecule is Cc1cc(NC(=S)COc2ccc(Cl)cc2Cl)n(C2CCCCC2)n1. The van der Waals surface area contributed by atoms with Gasteiger partial charge in [0.05, 0.1) is 16.8 Å². The molecule has 2 aromatic rings. The summed E-state index contributed by atoms with van der Waals surface area (Å²) in [6, 6.07) is 7.59. The second-order valence-electron chi connectivity index (χ2n) is 6.32. The number of thiocarbonyl (C=S) groups is 1. The van der Waals surface area contributed by atoms with Crippen molar-refractivity contribution in [1.82, 2.24) is 9.78 Å². The van der Waals surface area contributed by atoms with Gasteiger partial charge in [0.1, 0.15) is 23.2 Å². The minimum atomic E-state index is 0.242. The van der Waals surface area contributed by atoms with Gasteiger partial charge < -0.3 is 10.1 Å². The molecule has 1 aromatic carbocycles. The lowest BCUT2D eigenvalue weighted by atomic mass is 9.96. The van der Waals surface area contributed by atoms with Gasteiger partial charge in [0.15, 0.2) is 0 Å². The lowest BCUT2D eigenvalue weighted by Gasteiger charge is -2.24. The van der Waals surface area contributed by atoms with Crippen LogP contribution in [0.5, 0.6) is 5.75 Å². The summed E-state index contributed by atoms with van der Waals surface area (Å²) in [6.45, 7) is 2.24. The third-order valence-corrected chi connectivity index (χ3v) is 5.05. The number of nitrogens with zero attached hydrogens (tertiary/aromatic N) is 2. The molecule has 25 heavy (non-hydrogen) atoms. The number of hydrogen-bond acceptors (Lipinski definition) is 3. The molecule has 134 valence electrons. The van der Waals surface area contributed by atoms with E-state index in [1.807, 2.05) is 13.0 Å². The molecule has 4 nitrogen and oxygen atoms in total. The maximum absolute atomic E-state index is 6.12. The van der Waals surface area contributed by atoms with E-state index in [2.05, 4.69) is 15.1 Å². The van der Waals surface area contributed by atoms with Gasteiger partial charge >= 0.3 is 0 Å². The van der Waals surface area contributed by atoms with E-state index < -0.39 is 0 Å². The van der Waals surface area contributed by atoms with Gasteiger partial charge in [-0.3, -0.25) is 0 Å². The van der Waals surface area contributed by atoms with E-state index >= 15 is 0 Å². The predicted molar refractivity (Wildman–Crippen MR) is 107 cm³/mol. The fourth-order valence-electron chi connectivity index (χ4n) is 3.13. The minimum Gasteiger partial charge on any atom is -0.485 e. The normalized spacial score (nSPS) is 15.2. The Morgan fingerprint density at radius 1 is 1.28 bits per heavy atom. The summed E-state index contributed by atoms with van der Waals surface area (Å²) in [6.07, 6.45) is 6.16. The Kier molecular flexibility index (Phi) is 6.20. The first-order chi connectivity index (χ1) is 12.0. The van der Waals surface area contributed by atoms with Gasteiger partial charge in [-0.1, -0.05) is 54.7 Å². The maximum Gasteiger partial charge on any atom is 0.139 e. The molecular formula is C18H21Cl2N3OS. The largest absolute Gasteiger partial charge is 0.485 e. The van der Waals surface area contributed by atoms with Gasteiger partial charge in [0, 0.05) is 11.1 Å². The zero-order valence-electron chi connectivity index (χ0n) is 14.1. The van der Waals surface area contributed by atoms with E-state index in [1.165, 1.54) is 32.1 Å². The molecule has 0 radical (unpaired) electrons. The second kappa shape index (κ2) is 8.39. The summed E-state index contributed by atoms with van der Waals surface area (Å²) in [5.41, 5.74) is 0.984. The van der Waals surface area contributed by atoms with E-state index in [1.54, 1.807) is 18.2 Å². The Morgan fingerprint density at radius 2 is 2.04 bits per heavy atom. The molecule has 1 fully saturated rings. The topological polar surface area (TPSA) is 39.1 Å². The van der Waals surface area contributed by atoms with Gasteiger partial charge in [0.25, 0.3) is 0 Å². The van der Waals surface area contributed by atoms with Crippen LogP contribution >= 0.6 is 35.4 Å². The summed E-state index contributed by atoms with van der Waals surface area (Å²) in [7, 11) is 0. The molecule has 0 unspecified atom stereocenters. The molecule has 1 heterocycles. The molecule has 0 saturated heterocycles. The third-order valence-electron chi connectivity index (χ3n) is 4.30. The van der Waals surface area contributed by atoms with Crippen molar-refractivity contribution in [3.8, 4) is 5.75 Å². The van der Waals surface area contributed by atoms with Crippen molar-refractivity contribution in [2.75, 3.05) is 11.9 Å². The zero-order chi connectivity index (χ0) is 17.8. The van der Waals surface area contributed by atoms with Crippen LogP contribution < -0.4 is 10.1 Å². The Labute approximate surface area is 163 Å². The summed E-state index contributed by atoms with van der Waals surface area (Å²) in [5.74, 6) is 1.49. The molecule has 1 aliphatic rings. The molecule has 0 atom stereocenters. The third kappa shape index (κ3) is 4.87. The van der Waals surface area contributed by atoms with Crippen LogP contribution in [-0.4, -0.2) is 21.4 Å². The second-order valence-corrected chi connectivity index (χ2v) is 7.66. The Balaban J connectivity index is 1.62. The van der Waals surface area contributed by atoms with E-state index in [0.717, 1.165) is 11.5 Å². The van der Waals surface area contributed by atoms with E-state index in [-0.39, 0.29) is 6.61 Å². The highest BCUT2D eigenvalue weighted by Crippen LogP contribution is 2.31. The summed E-state index contributed by atoms with van der Waals surface area (Å²) in [5, 5.41) is 8.96. The van der Waals surface area contributed by atoms with Crippen molar-refractivity contribution in [2.24, 2.45) is 0 Å². The molecular weight excluding hydrogens is 377 g/mol. The van der Waals surface area contributed by atoms with Crippen molar-refractivity contribution in [1.29, 1.82) is 0 Å². The molecule has 0 amide bonds. The number of hydrogen-bond donors (Lipinski definition) is 1. The highest BCUT2D eigenvalue weighted by molar-refractivity contribution is 7.80. The van der Waals surface area contributed by atoms with Crippen LogP contribution in [0.2, 0.25) is 10.0 Å². The lowest BCUT2D eigenvalue weighted by Crippen LogP contribution is -2.23. The van der Waals surface area contributed by atoms with Crippen LogP contribution in [0.15, 0.2) is 24.3 Å². The average molecular weight is 398 g/mol. The molecule has 1 aromatic heterocycles. The number of aromatic nitrogens is 2. The fraction of sp³-hybridized carbons (Fsp3) is 0.444. The number of aryl methyl sites for hydroxylation is 1. The van der Waals surface area contributed by atoms with Gasteiger partial charge in [-0.05, 0) is 38.0 Å². The molecule has 0 aliphatic heterocycles. The van der Waals surface area contributed by atoms with Gasteiger partial charge in [-0.2, -0.15) is 5.10 Å². The molecule has 1 saturated carbocycles. The smallest absolute Gasteiger partial charge is 0.139 e. The highest BCUT2D eigenvalue weighted by Gasteiger charge is 2.19. The molecule has 1 N–H and O–H groups in total. The van der Waals surface area contributed by atoms with Gasteiger partial charge in [-0.25, -0.2) is 4.68 Å². The number of nitrogens with one attached hydrogen (secondary N) is 1. The van der Waals surface area contributed by atoms with Crippen LogP contribution in [-0.2, 0) is 0 Å². The van der Waals surface area contributed by atoms with E-state index in [4.69, 9.17) is 40.2 Å². The van der Waals surface area contributed by atoms with Crippen molar-refractivity contribution in [3.05, 3.63) is 40.0 Å². The summed E-state index contributed by atoms with van der Waals surface area (Å²) in [4.78, 5) is 0.586. The van der Waals surface area contributed by atoms with Crippen molar-refractivity contribution in [2.45, 2.75) is 45.1 Å². The number of benzene rings is 1. The maximum atomic E-state index is 6.12. The van der Waals surface area contributed by atoms with Crippen LogP contribution in [0.25, 0.3) is 0 Å². The first kappa shape index (κ1) is 18.5. The predicted octanol–water partition coefficient (Wildman–Crippen LogP) is 5.82. The quantitative estimate of drug-likeness (QED) is 0.644. The molecule has 3 rings (SSSR count). The molecule has 0 spiro atoms. The fourth-order valence-corrected chi connectivity index (χ4v) is 3.76. The highest BCUT2D eigenvalue weighted by atomic mass is 35.5. The monoisotopic (exact) mass is 397 g/mol. The Morgan fingerprint density at radius 3 is 2.76 bits per heavy atom. The van der Waals surface area contributed by atoms with Gasteiger partial charge in [-0.15, -0.1) is 0 Å². The molecule has 7 heteroatoms. The van der Waals surface area contributed by atoms with Crippen molar-refractivity contribution in [3.63, 3.8) is 0 Å². The lowest BCUT2D eigenvalue weighted by molar-refractivity contribution is 0.332. The van der Waals surface area contributed by atoms with Crippen molar-refractivity contribution < 1.29 is 4.74 Å². The summed E-state index contributed by atoms with van der Waals surface area (Å²) >= 11 is 17.4. The van der Waals surface area contributed by atoms with Crippen LogP contribution in [0.1, 0.15) is 43.8 Å². The van der Waals surface area contributed by atoms with Gasteiger partial charge in [0.2, 0.25) is 0 Å². The van der Waals surface area contributed by atoms with E-state index in [9.17, 15) is 0 Å². The number of rotatable bonds is 5. The zero-order valence-corrected chi connectivity index (χ0v) is 16.4. The average Bonchev–Trinajstić information content (AvgIpc) is 2.95. The van der Waals surface area contributed by atoms with Crippen LogP contribution in [0, 0.1) is 6.92 Å². The van der Waals surface area contributed by atoms with Crippen LogP contribution in [0.3, 0.4) is 0 Å². The summed E-state index contributed by atoms with van der Waals surface area (Å²) < 4.78 is 7.77. The van der Waals surface area contributed by atoms with Crippen molar-refractivity contribution >= 4 is 46.2 Å². The number of halogens is 2. The Hall–Kier alpha value is -1.30.